The maximum atomic E-state index is 12.1. The summed E-state index contributed by atoms with van der Waals surface area (Å²) < 4.78 is 4.94. The lowest BCUT2D eigenvalue weighted by Gasteiger charge is -2.31. The van der Waals surface area contributed by atoms with Crippen LogP contribution in [0.3, 0.4) is 0 Å². The van der Waals surface area contributed by atoms with Crippen molar-refractivity contribution >= 4 is 22.4 Å². The van der Waals surface area contributed by atoms with Gasteiger partial charge in [0.2, 0.25) is 0 Å². The summed E-state index contributed by atoms with van der Waals surface area (Å²) in [7, 11) is 1.43. The number of esters is 1. The number of anilines is 1. The molecule has 104 valence electrons. The number of nitrogens with one attached hydrogen (secondary N) is 1. The number of carbonyl (C=O) groups excluding carboxylic acids is 1. The van der Waals surface area contributed by atoms with Crippen molar-refractivity contribution in [2.24, 2.45) is 0 Å². The van der Waals surface area contributed by atoms with E-state index in [1.807, 2.05) is 24.3 Å². The Bertz CT molecular complexity index is 633. The van der Waals surface area contributed by atoms with Crippen molar-refractivity contribution in [3.63, 3.8) is 0 Å². The van der Waals surface area contributed by atoms with Gasteiger partial charge >= 0.3 is 5.97 Å². The van der Waals surface area contributed by atoms with Gasteiger partial charge in [0.15, 0.2) is 0 Å². The van der Waals surface area contributed by atoms with Crippen molar-refractivity contribution in [3.8, 4) is 0 Å². The molecular formula is C16H18N2O2. The van der Waals surface area contributed by atoms with Crippen LogP contribution in [0.15, 0.2) is 36.4 Å². The number of hydrogen-bond acceptors (Lipinski definition) is 4. The fraction of sp³-hybridized carbons (Fsp3) is 0.312. The number of piperazine rings is 1. The molecule has 0 amide bonds. The van der Waals surface area contributed by atoms with Crippen LogP contribution in [-0.2, 0) is 4.74 Å². The van der Waals surface area contributed by atoms with E-state index in [0.29, 0.717) is 5.56 Å². The average molecular weight is 270 g/mol. The highest BCUT2D eigenvalue weighted by Crippen LogP contribution is 2.28. The zero-order chi connectivity index (χ0) is 13.9. The molecule has 0 radical (unpaired) electrons. The van der Waals surface area contributed by atoms with Crippen molar-refractivity contribution < 1.29 is 9.53 Å². The van der Waals surface area contributed by atoms with Crippen molar-refractivity contribution in [1.29, 1.82) is 0 Å². The lowest BCUT2D eigenvalue weighted by molar-refractivity contribution is 0.0601. The fourth-order valence-corrected chi connectivity index (χ4v) is 2.67. The maximum absolute atomic E-state index is 12.1. The summed E-state index contributed by atoms with van der Waals surface area (Å²) in [5.41, 5.74) is 1.62. The highest BCUT2D eigenvalue weighted by Gasteiger charge is 2.19. The van der Waals surface area contributed by atoms with Gasteiger partial charge in [-0.15, -0.1) is 0 Å². The van der Waals surface area contributed by atoms with E-state index in [0.717, 1.165) is 42.6 Å². The second kappa shape index (κ2) is 5.51. The highest BCUT2D eigenvalue weighted by molar-refractivity contribution is 6.02. The first-order chi connectivity index (χ1) is 9.79. The van der Waals surface area contributed by atoms with Gasteiger partial charge in [-0.25, -0.2) is 4.79 Å². The van der Waals surface area contributed by atoms with E-state index in [4.69, 9.17) is 4.74 Å². The monoisotopic (exact) mass is 270 g/mol. The number of carbonyl (C=O) groups is 1. The Hall–Kier alpha value is -2.07. The molecule has 0 atom stereocenters. The van der Waals surface area contributed by atoms with Crippen LogP contribution in [0.2, 0.25) is 0 Å². The van der Waals surface area contributed by atoms with E-state index < -0.39 is 0 Å². The number of benzene rings is 2. The summed E-state index contributed by atoms with van der Waals surface area (Å²) in [5.74, 6) is -0.274. The predicted octanol–water partition coefficient (Wildman–Crippen LogP) is 2.04. The minimum absolute atomic E-state index is 0.274. The van der Waals surface area contributed by atoms with Gasteiger partial charge in [-0.3, -0.25) is 0 Å². The molecule has 4 heteroatoms. The third-order valence-corrected chi connectivity index (χ3v) is 3.73. The van der Waals surface area contributed by atoms with Crippen LogP contribution >= 0.6 is 0 Å². The molecule has 2 aromatic carbocycles. The third kappa shape index (κ3) is 2.34. The van der Waals surface area contributed by atoms with E-state index in [-0.39, 0.29) is 5.97 Å². The van der Waals surface area contributed by atoms with Gasteiger partial charge in [0.1, 0.15) is 0 Å². The van der Waals surface area contributed by atoms with Gasteiger partial charge in [-0.2, -0.15) is 0 Å². The summed E-state index contributed by atoms with van der Waals surface area (Å²) >= 11 is 0. The lowest BCUT2D eigenvalue weighted by atomic mass is 10.0. The Kier molecular flexibility index (Phi) is 3.56. The van der Waals surface area contributed by atoms with E-state index in [1.165, 1.54) is 7.11 Å². The molecule has 2 aromatic rings. The van der Waals surface area contributed by atoms with Crippen LogP contribution in [0.5, 0.6) is 0 Å². The largest absolute Gasteiger partial charge is 0.465 e. The molecule has 1 aliphatic heterocycles. The molecule has 4 nitrogen and oxygen atoms in total. The second-order valence-electron chi connectivity index (χ2n) is 4.95. The van der Waals surface area contributed by atoms with E-state index in [9.17, 15) is 4.79 Å². The smallest absolute Gasteiger partial charge is 0.339 e. The number of rotatable bonds is 2. The first kappa shape index (κ1) is 12.9. The normalized spacial score (nSPS) is 15.3. The van der Waals surface area contributed by atoms with E-state index in [1.54, 1.807) is 0 Å². The third-order valence-electron chi connectivity index (χ3n) is 3.73. The summed E-state index contributed by atoms with van der Waals surface area (Å²) in [6.45, 7) is 3.69. The summed E-state index contributed by atoms with van der Waals surface area (Å²) in [6.07, 6.45) is 0. The Morgan fingerprint density at radius 1 is 1.15 bits per heavy atom. The molecule has 1 heterocycles. The number of methoxy groups -OCH3 is 1. The van der Waals surface area contributed by atoms with Crippen molar-refractivity contribution in [1.82, 2.24) is 5.32 Å². The van der Waals surface area contributed by atoms with Crippen LogP contribution in [0.1, 0.15) is 10.4 Å². The topological polar surface area (TPSA) is 41.6 Å². The molecule has 3 rings (SSSR count). The average Bonchev–Trinajstić information content (AvgIpc) is 2.53. The van der Waals surface area contributed by atoms with Gasteiger partial charge in [0.05, 0.1) is 18.4 Å². The molecule has 1 saturated heterocycles. The number of ether oxygens (including phenoxy) is 1. The van der Waals surface area contributed by atoms with E-state index >= 15 is 0 Å². The standard InChI is InChI=1S/C16H18N2O2/c1-20-16(19)14-10-12-4-2-3-5-13(12)11-15(14)18-8-6-17-7-9-18/h2-5,10-11,17H,6-9H2,1H3. The summed E-state index contributed by atoms with van der Waals surface area (Å²) in [6, 6.07) is 12.1. The van der Waals surface area contributed by atoms with Crippen LogP contribution in [0, 0.1) is 0 Å². The summed E-state index contributed by atoms with van der Waals surface area (Å²) in [4.78, 5) is 14.3. The second-order valence-corrected chi connectivity index (χ2v) is 4.95. The molecule has 1 N–H and O–H groups in total. The Labute approximate surface area is 118 Å². The molecular weight excluding hydrogens is 252 g/mol. The van der Waals surface area contributed by atoms with Gasteiger partial charge in [-0.1, -0.05) is 24.3 Å². The predicted molar refractivity (Wildman–Crippen MR) is 80.4 cm³/mol. The Balaban J connectivity index is 2.13. The van der Waals surface area contributed by atoms with Crippen molar-refractivity contribution in [3.05, 3.63) is 42.0 Å². The molecule has 20 heavy (non-hydrogen) atoms. The SMILES string of the molecule is COC(=O)c1cc2ccccc2cc1N1CCNCC1. The molecule has 0 spiro atoms. The number of fused-ring (bicyclic) bond motifs is 1. The number of hydrogen-bond donors (Lipinski definition) is 1. The number of nitrogens with zero attached hydrogens (tertiary/aromatic N) is 1. The van der Waals surface area contributed by atoms with Gasteiger partial charge in [0.25, 0.3) is 0 Å². The molecule has 1 aliphatic rings. The van der Waals surface area contributed by atoms with Gasteiger partial charge in [0, 0.05) is 26.2 Å². The molecule has 0 unspecified atom stereocenters. The zero-order valence-electron chi connectivity index (χ0n) is 11.6. The first-order valence-corrected chi connectivity index (χ1v) is 6.86. The highest BCUT2D eigenvalue weighted by atomic mass is 16.5. The van der Waals surface area contributed by atoms with Crippen molar-refractivity contribution in [2.45, 2.75) is 0 Å². The van der Waals surface area contributed by atoms with Gasteiger partial charge in [-0.05, 0) is 22.9 Å². The zero-order valence-corrected chi connectivity index (χ0v) is 11.6. The molecule has 0 aliphatic carbocycles. The summed E-state index contributed by atoms with van der Waals surface area (Å²) in [5, 5.41) is 5.54. The molecule has 0 saturated carbocycles. The molecule has 0 aromatic heterocycles. The Morgan fingerprint density at radius 2 is 1.80 bits per heavy atom. The lowest BCUT2D eigenvalue weighted by Crippen LogP contribution is -2.44. The van der Waals surface area contributed by atoms with Gasteiger partial charge < -0.3 is 15.0 Å². The quantitative estimate of drug-likeness (QED) is 0.848. The van der Waals surface area contributed by atoms with Crippen LogP contribution in [-0.4, -0.2) is 39.3 Å². The maximum Gasteiger partial charge on any atom is 0.339 e. The Morgan fingerprint density at radius 3 is 2.45 bits per heavy atom. The first-order valence-electron chi connectivity index (χ1n) is 6.86. The fourth-order valence-electron chi connectivity index (χ4n) is 2.67. The van der Waals surface area contributed by atoms with Crippen LogP contribution in [0.4, 0.5) is 5.69 Å². The van der Waals surface area contributed by atoms with Crippen LogP contribution < -0.4 is 10.2 Å². The van der Waals surface area contributed by atoms with E-state index in [2.05, 4.69) is 22.3 Å². The minimum atomic E-state index is -0.274. The van der Waals surface area contributed by atoms with Crippen molar-refractivity contribution in [2.75, 3.05) is 38.2 Å². The molecule has 1 fully saturated rings. The molecule has 0 bridgehead atoms. The van der Waals surface area contributed by atoms with Crippen LogP contribution in [0.25, 0.3) is 10.8 Å². The minimum Gasteiger partial charge on any atom is -0.465 e.